The third-order valence-electron chi connectivity index (χ3n) is 1.84. The molecular weight excluding hydrogens is 158 g/mol. The number of rotatable bonds is 1. The summed E-state index contributed by atoms with van der Waals surface area (Å²) in [5, 5.41) is 2.23. The van der Waals surface area contributed by atoms with Crippen molar-refractivity contribution in [2.45, 2.75) is 20.8 Å². The molecule has 0 aliphatic heterocycles. The van der Waals surface area contributed by atoms with E-state index in [1.54, 1.807) is 0 Å². The Morgan fingerprint density at radius 2 is 2.08 bits per heavy atom. The van der Waals surface area contributed by atoms with E-state index in [0.717, 1.165) is 5.35 Å². The SMILES string of the molecule is C\C=C/C=c1/ncc(C)c/c1=C/C. The zero-order valence-corrected chi connectivity index (χ0v) is 8.41. The monoisotopic (exact) mass is 173 g/mol. The van der Waals surface area contributed by atoms with E-state index in [9.17, 15) is 0 Å². The Morgan fingerprint density at radius 3 is 2.69 bits per heavy atom. The van der Waals surface area contributed by atoms with Crippen LogP contribution in [-0.4, -0.2) is 4.98 Å². The summed E-state index contributed by atoms with van der Waals surface area (Å²) in [6.07, 6.45) is 10.00. The van der Waals surface area contributed by atoms with Gasteiger partial charge < -0.3 is 0 Å². The van der Waals surface area contributed by atoms with Gasteiger partial charge >= 0.3 is 0 Å². The van der Waals surface area contributed by atoms with Gasteiger partial charge in [0.1, 0.15) is 0 Å². The van der Waals surface area contributed by atoms with E-state index in [2.05, 4.69) is 24.1 Å². The van der Waals surface area contributed by atoms with Crippen LogP contribution in [0.4, 0.5) is 0 Å². The van der Waals surface area contributed by atoms with Crippen LogP contribution in [0.25, 0.3) is 12.2 Å². The normalized spacial score (nSPS) is 14.4. The zero-order valence-electron chi connectivity index (χ0n) is 8.41. The molecule has 0 bridgehead atoms. The summed E-state index contributed by atoms with van der Waals surface area (Å²) in [7, 11) is 0. The first-order chi connectivity index (χ1) is 6.27. The molecule has 0 saturated heterocycles. The second kappa shape index (κ2) is 4.61. The Morgan fingerprint density at radius 1 is 1.31 bits per heavy atom. The molecule has 1 heterocycles. The minimum Gasteiger partial charge on any atom is -0.256 e. The quantitative estimate of drug-likeness (QED) is 0.628. The van der Waals surface area contributed by atoms with E-state index in [0.29, 0.717) is 0 Å². The van der Waals surface area contributed by atoms with Crippen LogP contribution in [0.1, 0.15) is 19.4 Å². The van der Waals surface area contributed by atoms with Crippen molar-refractivity contribution in [1.29, 1.82) is 0 Å². The van der Waals surface area contributed by atoms with Gasteiger partial charge in [-0.3, -0.25) is 4.98 Å². The van der Waals surface area contributed by atoms with Crippen molar-refractivity contribution in [2.75, 3.05) is 0 Å². The average Bonchev–Trinajstić information content (AvgIpc) is 2.16. The molecule has 0 radical (unpaired) electrons. The van der Waals surface area contributed by atoms with Gasteiger partial charge in [-0.1, -0.05) is 18.2 Å². The highest BCUT2D eigenvalue weighted by molar-refractivity contribution is 5.36. The van der Waals surface area contributed by atoms with Gasteiger partial charge in [-0.15, -0.1) is 0 Å². The van der Waals surface area contributed by atoms with Gasteiger partial charge in [0, 0.05) is 6.20 Å². The molecule has 0 aromatic carbocycles. The molecule has 0 saturated carbocycles. The Balaban J connectivity index is 3.39. The molecule has 1 aromatic rings. The molecule has 0 N–H and O–H groups in total. The van der Waals surface area contributed by atoms with E-state index in [4.69, 9.17) is 0 Å². The largest absolute Gasteiger partial charge is 0.256 e. The highest BCUT2D eigenvalue weighted by atomic mass is 14.6. The van der Waals surface area contributed by atoms with Crippen LogP contribution in [0.15, 0.2) is 24.4 Å². The van der Waals surface area contributed by atoms with Crippen LogP contribution in [0.2, 0.25) is 0 Å². The fraction of sp³-hybridized carbons (Fsp3) is 0.250. The van der Waals surface area contributed by atoms with Gasteiger partial charge in [-0.2, -0.15) is 0 Å². The number of hydrogen-bond donors (Lipinski definition) is 0. The molecule has 0 amide bonds. The Bertz CT molecular complexity index is 413. The van der Waals surface area contributed by atoms with Crippen molar-refractivity contribution in [2.24, 2.45) is 0 Å². The zero-order chi connectivity index (χ0) is 9.68. The summed E-state index contributed by atoms with van der Waals surface area (Å²) in [6, 6.07) is 2.14. The lowest BCUT2D eigenvalue weighted by atomic mass is 10.2. The third kappa shape index (κ3) is 2.55. The highest BCUT2D eigenvalue weighted by Gasteiger charge is 1.85. The average molecular weight is 173 g/mol. The van der Waals surface area contributed by atoms with Gasteiger partial charge in [0.25, 0.3) is 0 Å². The number of nitrogens with zero attached hydrogens (tertiary/aromatic N) is 1. The minimum atomic E-state index is 1.03. The van der Waals surface area contributed by atoms with E-state index >= 15 is 0 Å². The number of aryl methyl sites for hydroxylation is 1. The smallest absolute Gasteiger partial charge is 0.0698 e. The maximum atomic E-state index is 4.35. The van der Waals surface area contributed by atoms with Crippen molar-refractivity contribution in [3.05, 3.63) is 40.5 Å². The number of pyridine rings is 1. The summed E-state index contributed by atoms with van der Waals surface area (Å²) in [4.78, 5) is 4.35. The second-order valence-electron chi connectivity index (χ2n) is 2.97. The van der Waals surface area contributed by atoms with Crippen LogP contribution < -0.4 is 10.6 Å². The van der Waals surface area contributed by atoms with Crippen molar-refractivity contribution >= 4 is 12.2 Å². The molecule has 1 nitrogen and oxygen atoms in total. The number of hydrogen-bond acceptors (Lipinski definition) is 1. The lowest BCUT2D eigenvalue weighted by Crippen LogP contribution is -2.27. The number of allylic oxidation sites excluding steroid dienone is 2. The molecule has 0 unspecified atom stereocenters. The molecule has 1 aromatic heterocycles. The fourth-order valence-corrected chi connectivity index (χ4v) is 1.16. The summed E-state index contributed by atoms with van der Waals surface area (Å²) < 4.78 is 0. The lowest BCUT2D eigenvalue weighted by molar-refractivity contribution is 1.18. The second-order valence-corrected chi connectivity index (χ2v) is 2.97. The van der Waals surface area contributed by atoms with Crippen molar-refractivity contribution in [3.63, 3.8) is 0 Å². The third-order valence-corrected chi connectivity index (χ3v) is 1.84. The molecule has 0 aliphatic rings. The van der Waals surface area contributed by atoms with Gasteiger partial charge in [-0.25, -0.2) is 0 Å². The molecule has 68 valence electrons. The van der Waals surface area contributed by atoms with Crippen LogP contribution in [0.3, 0.4) is 0 Å². The van der Waals surface area contributed by atoms with Crippen molar-refractivity contribution in [1.82, 2.24) is 4.98 Å². The molecule has 0 fully saturated rings. The van der Waals surface area contributed by atoms with E-state index in [1.807, 2.05) is 38.3 Å². The van der Waals surface area contributed by atoms with Gasteiger partial charge in [-0.05, 0) is 43.7 Å². The van der Waals surface area contributed by atoms with Crippen LogP contribution in [0, 0.1) is 6.92 Å². The predicted molar refractivity (Wildman–Crippen MR) is 57.6 cm³/mol. The van der Waals surface area contributed by atoms with Crippen LogP contribution >= 0.6 is 0 Å². The van der Waals surface area contributed by atoms with Gasteiger partial charge in [0.15, 0.2) is 0 Å². The molecule has 1 rings (SSSR count). The standard InChI is InChI=1S/C12H15N/c1-4-6-7-12-11(5-2)8-10(3)9-13-12/h4-9H,1-3H3/b6-4-,11-5-,12-7+. The maximum absolute atomic E-state index is 4.35. The lowest BCUT2D eigenvalue weighted by Gasteiger charge is -1.91. The molecule has 0 spiro atoms. The molecule has 1 heteroatoms. The molecule has 0 aliphatic carbocycles. The Kier molecular flexibility index (Phi) is 3.44. The first-order valence-electron chi connectivity index (χ1n) is 4.50. The molecule has 0 atom stereocenters. The Labute approximate surface area is 79.1 Å². The topological polar surface area (TPSA) is 12.9 Å². The van der Waals surface area contributed by atoms with E-state index < -0.39 is 0 Å². The fourth-order valence-electron chi connectivity index (χ4n) is 1.16. The predicted octanol–water partition coefficient (Wildman–Crippen LogP) is 1.55. The summed E-state index contributed by atoms with van der Waals surface area (Å²) in [5.41, 5.74) is 1.20. The first kappa shape index (κ1) is 9.72. The van der Waals surface area contributed by atoms with Crippen LogP contribution in [-0.2, 0) is 0 Å². The Hall–Kier alpha value is -1.37. The maximum Gasteiger partial charge on any atom is 0.0698 e. The van der Waals surface area contributed by atoms with E-state index in [1.165, 1.54) is 10.8 Å². The van der Waals surface area contributed by atoms with E-state index in [-0.39, 0.29) is 0 Å². The molecular formula is C12H15N. The van der Waals surface area contributed by atoms with Gasteiger partial charge in [0.05, 0.1) is 5.35 Å². The number of aromatic nitrogens is 1. The van der Waals surface area contributed by atoms with Gasteiger partial charge in [0.2, 0.25) is 0 Å². The highest BCUT2D eigenvalue weighted by Crippen LogP contribution is 1.83. The summed E-state index contributed by atoms with van der Waals surface area (Å²) in [5.74, 6) is 0. The summed E-state index contributed by atoms with van der Waals surface area (Å²) in [6.45, 7) is 6.09. The first-order valence-corrected chi connectivity index (χ1v) is 4.50. The minimum absolute atomic E-state index is 1.03. The molecule has 13 heavy (non-hydrogen) atoms. The van der Waals surface area contributed by atoms with Crippen molar-refractivity contribution in [3.8, 4) is 0 Å². The summed E-state index contributed by atoms with van der Waals surface area (Å²) >= 11 is 0. The van der Waals surface area contributed by atoms with Crippen LogP contribution in [0.5, 0.6) is 0 Å². The van der Waals surface area contributed by atoms with Crippen molar-refractivity contribution < 1.29 is 0 Å².